The molecule has 3 heteroatoms. The van der Waals surface area contributed by atoms with Crippen molar-refractivity contribution in [1.82, 2.24) is 4.98 Å². The largest absolute Gasteiger partial charge is 0.494 e. The normalized spacial score (nSPS) is 26.8. The van der Waals surface area contributed by atoms with Gasteiger partial charge in [-0.25, -0.2) is 0 Å². The third-order valence-corrected chi connectivity index (χ3v) is 5.01. The van der Waals surface area contributed by atoms with Crippen LogP contribution in [-0.2, 0) is 0 Å². The smallest absolute Gasteiger partial charge is 0.168 e. The van der Waals surface area contributed by atoms with Gasteiger partial charge in [0.25, 0.3) is 0 Å². The van der Waals surface area contributed by atoms with Gasteiger partial charge in [-0.3, -0.25) is 4.79 Å². The summed E-state index contributed by atoms with van der Waals surface area (Å²) in [6.45, 7) is 2.81. The van der Waals surface area contributed by atoms with E-state index in [1.165, 1.54) is 6.42 Å². The minimum Gasteiger partial charge on any atom is -0.494 e. The molecular weight excluding hydrogens is 262 g/mol. The second kappa shape index (κ2) is 4.90. The van der Waals surface area contributed by atoms with Crippen LogP contribution in [0, 0.1) is 17.8 Å². The summed E-state index contributed by atoms with van der Waals surface area (Å²) >= 11 is 0. The number of hydrogen-bond acceptors (Lipinski definition) is 2. The summed E-state index contributed by atoms with van der Waals surface area (Å²) in [6.07, 6.45) is 6.42. The zero-order valence-corrected chi connectivity index (χ0v) is 12.4. The van der Waals surface area contributed by atoms with Gasteiger partial charge in [0.2, 0.25) is 0 Å². The van der Waals surface area contributed by atoms with Gasteiger partial charge < -0.3 is 9.72 Å². The number of benzene rings is 1. The van der Waals surface area contributed by atoms with Crippen LogP contribution in [0.3, 0.4) is 0 Å². The molecule has 0 aliphatic heterocycles. The van der Waals surface area contributed by atoms with Crippen LogP contribution in [0.5, 0.6) is 5.75 Å². The second-order valence-electron chi connectivity index (χ2n) is 6.55. The van der Waals surface area contributed by atoms with Crippen LogP contribution in [0.4, 0.5) is 0 Å². The maximum Gasteiger partial charge on any atom is 0.168 e. The number of hydrogen-bond donors (Lipinski definition) is 1. The van der Waals surface area contributed by atoms with Gasteiger partial charge in [-0.2, -0.15) is 0 Å². The Kier molecular flexibility index (Phi) is 3.02. The minimum absolute atomic E-state index is 0.243. The van der Waals surface area contributed by atoms with Crippen LogP contribution in [0.25, 0.3) is 10.9 Å². The van der Waals surface area contributed by atoms with Gasteiger partial charge in [0, 0.05) is 28.6 Å². The molecule has 3 nitrogen and oxygen atoms in total. The average Bonchev–Trinajstić information content (AvgIpc) is 2.95. The Bertz CT molecular complexity index is 678. The summed E-state index contributed by atoms with van der Waals surface area (Å²) in [5.41, 5.74) is 1.86. The molecule has 1 N–H and O–H groups in total. The first-order valence-corrected chi connectivity index (χ1v) is 8.04. The van der Waals surface area contributed by atoms with Crippen LogP contribution in [0.1, 0.15) is 43.0 Å². The summed E-state index contributed by atoms with van der Waals surface area (Å²) in [6, 6.07) is 5.97. The highest BCUT2D eigenvalue weighted by Crippen LogP contribution is 2.55. The number of carbonyl (C=O) groups is 1. The molecule has 2 fully saturated rings. The Labute approximate surface area is 124 Å². The van der Waals surface area contributed by atoms with Gasteiger partial charge in [-0.05, 0) is 55.7 Å². The third kappa shape index (κ3) is 2.25. The van der Waals surface area contributed by atoms with Crippen molar-refractivity contribution in [3.8, 4) is 5.75 Å². The lowest BCUT2D eigenvalue weighted by molar-refractivity contribution is 0.0916. The van der Waals surface area contributed by atoms with Crippen molar-refractivity contribution in [1.29, 1.82) is 0 Å². The Morgan fingerprint density at radius 1 is 1.29 bits per heavy atom. The van der Waals surface area contributed by atoms with Crippen LogP contribution >= 0.6 is 0 Å². The Balaban J connectivity index is 1.62. The fourth-order valence-corrected chi connectivity index (χ4v) is 3.76. The highest BCUT2D eigenvalue weighted by atomic mass is 16.5. The molecule has 21 heavy (non-hydrogen) atoms. The highest BCUT2D eigenvalue weighted by molar-refractivity contribution is 6.09. The van der Waals surface area contributed by atoms with E-state index in [4.69, 9.17) is 4.74 Å². The maximum atomic E-state index is 12.8. The predicted octanol–water partition coefficient (Wildman–Crippen LogP) is 4.19. The summed E-state index contributed by atoms with van der Waals surface area (Å²) < 4.78 is 5.69. The number of nitrogens with one attached hydrogen (secondary N) is 1. The minimum atomic E-state index is 0.243. The van der Waals surface area contributed by atoms with E-state index in [1.807, 2.05) is 24.4 Å². The van der Waals surface area contributed by atoms with Crippen molar-refractivity contribution < 1.29 is 9.53 Å². The maximum absolute atomic E-state index is 12.8. The lowest BCUT2D eigenvalue weighted by atomic mass is 9.93. The molecule has 2 atom stereocenters. The van der Waals surface area contributed by atoms with Crippen molar-refractivity contribution in [2.75, 3.05) is 6.61 Å². The predicted molar refractivity (Wildman–Crippen MR) is 82.7 cm³/mol. The molecule has 2 aliphatic rings. The molecule has 4 rings (SSSR count). The van der Waals surface area contributed by atoms with Gasteiger partial charge in [0.1, 0.15) is 5.75 Å². The molecule has 1 heterocycles. The van der Waals surface area contributed by atoms with Gasteiger partial charge in [-0.1, -0.05) is 6.92 Å². The van der Waals surface area contributed by atoms with Gasteiger partial charge >= 0.3 is 0 Å². The van der Waals surface area contributed by atoms with E-state index in [0.717, 1.165) is 53.3 Å². The molecular formula is C18H21NO2. The number of aromatic nitrogens is 1. The number of ether oxygens (including phenoxy) is 1. The van der Waals surface area contributed by atoms with Crippen LogP contribution in [0.15, 0.2) is 24.4 Å². The zero-order chi connectivity index (χ0) is 14.4. The Morgan fingerprint density at radius 3 is 2.86 bits per heavy atom. The van der Waals surface area contributed by atoms with E-state index < -0.39 is 0 Å². The number of ketones is 1. The lowest BCUT2D eigenvalue weighted by Gasteiger charge is -2.10. The molecule has 2 aliphatic carbocycles. The van der Waals surface area contributed by atoms with E-state index in [0.29, 0.717) is 12.4 Å². The monoisotopic (exact) mass is 283 g/mol. The molecule has 0 radical (unpaired) electrons. The number of rotatable bonds is 5. The average molecular weight is 283 g/mol. The van der Waals surface area contributed by atoms with E-state index in [2.05, 4.69) is 11.9 Å². The molecule has 110 valence electrons. The molecule has 1 aromatic heterocycles. The van der Waals surface area contributed by atoms with Gasteiger partial charge in [0.05, 0.1) is 6.61 Å². The molecule has 1 aromatic carbocycles. The number of H-pyrrole nitrogens is 1. The summed E-state index contributed by atoms with van der Waals surface area (Å²) in [5.74, 6) is 3.10. The Hall–Kier alpha value is -1.77. The fraction of sp³-hybridized carbons (Fsp3) is 0.500. The summed E-state index contributed by atoms with van der Waals surface area (Å²) in [7, 11) is 0. The van der Waals surface area contributed by atoms with Crippen molar-refractivity contribution in [2.45, 2.75) is 32.6 Å². The topological polar surface area (TPSA) is 42.1 Å². The lowest BCUT2D eigenvalue weighted by Crippen LogP contribution is -2.12. The third-order valence-electron chi connectivity index (χ3n) is 5.01. The van der Waals surface area contributed by atoms with Crippen molar-refractivity contribution in [3.05, 3.63) is 30.0 Å². The molecule has 0 saturated heterocycles. The number of Topliss-reactive ketones (excluding diaryl/α,β-unsaturated/α-hetero) is 1. The standard InChI is InChI=1S/C18H21NO2/c1-2-5-21-14-3-4-17-15(9-14)16(10-19-17)18(20)13-7-11-6-12(11)8-13/h3-4,9-13,19H,2,5-8H2,1H3. The van der Waals surface area contributed by atoms with E-state index in [9.17, 15) is 4.79 Å². The molecule has 2 aromatic rings. The molecule has 2 saturated carbocycles. The van der Waals surface area contributed by atoms with Crippen molar-refractivity contribution >= 4 is 16.7 Å². The Morgan fingerprint density at radius 2 is 2.10 bits per heavy atom. The van der Waals surface area contributed by atoms with Crippen molar-refractivity contribution in [3.63, 3.8) is 0 Å². The second-order valence-corrected chi connectivity index (χ2v) is 6.55. The van der Waals surface area contributed by atoms with E-state index in [1.54, 1.807) is 0 Å². The van der Waals surface area contributed by atoms with E-state index in [-0.39, 0.29) is 5.92 Å². The molecule has 0 spiro atoms. The first-order valence-electron chi connectivity index (χ1n) is 8.04. The number of aromatic amines is 1. The SMILES string of the molecule is CCCOc1ccc2[nH]cc(C(=O)C3CC4CC4C3)c2c1. The molecule has 0 bridgehead atoms. The number of carbonyl (C=O) groups excluding carboxylic acids is 1. The van der Waals surface area contributed by atoms with Gasteiger partial charge in [0.15, 0.2) is 5.78 Å². The number of fused-ring (bicyclic) bond motifs is 2. The zero-order valence-electron chi connectivity index (χ0n) is 12.4. The van der Waals surface area contributed by atoms with Gasteiger partial charge in [-0.15, -0.1) is 0 Å². The van der Waals surface area contributed by atoms with Crippen LogP contribution in [0.2, 0.25) is 0 Å². The van der Waals surface area contributed by atoms with E-state index >= 15 is 0 Å². The first kappa shape index (κ1) is 12.9. The quantitative estimate of drug-likeness (QED) is 0.836. The fourth-order valence-electron chi connectivity index (χ4n) is 3.76. The van der Waals surface area contributed by atoms with Crippen molar-refractivity contribution in [2.24, 2.45) is 17.8 Å². The highest BCUT2D eigenvalue weighted by Gasteiger charge is 2.48. The van der Waals surface area contributed by atoms with Crippen LogP contribution < -0.4 is 4.74 Å². The summed E-state index contributed by atoms with van der Waals surface area (Å²) in [4.78, 5) is 16.0. The summed E-state index contributed by atoms with van der Waals surface area (Å²) in [5, 5.41) is 1.01. The van der Waals surface area contributed by atoms with Crippen LogP contribution in [-0.4, -0.2) is 17.4 Å². The first-order chi connectivity index (χ1) is 10.3. The molecule has 2 unspecified atom stereocenters. The molecule has 0 amide bonds.